The first-order chi connectivity index (χ1) is 13.6. The Morgan fingerprint density at radius 1 is 0.893 bits per heavy atom. The number of hydrogen-bond acceptors (Lipinski definition) is 4. The van der Waals surface area contributed by atoms with Crippen LogP contribution in [0.5, 0.6) is 5.75 Å². The van der Waals surface area contributed by atoms with Gasteiger partial charge in [0.25, 0.3) is 0 Å². The van der Waals surface area contributed by atoms with E-state index in [4.69, 9.17) is 0 Å². The number of benzene rings is 3. The first-order valence-electron chi connectivity index (χ1n) is 8.97. The van der Waals surface area contributed by atoms with Gasteiger partial charge in [-0.1, -0.05) is 60.7 Å². The van der Waals surface area contributed by atoms with Crippen LogP contribution in [0.25, 0.3) is 10.8 Å². The maximum Gasteiger partial charge on any atom is 0.240 e. The summed E-state index contributed by atoms with van der Waals surface area (Å²) in [5, 5.41) is 18.5. The lowest BCUT2D eigenvalue weighted by Crippen LogP contribution is -2.25. The molecular weight excluding hydrogens is 354 g/mol. The Morgan fingerprint density at radius 2 is 1.61 bits per heavy atom. The van der Waals surface area contributed by atoms with E-state index in [-0.39, 0.29) is 30.4 Å². The fourth-order valence-corrected chi connectivity index (χ4v) is 2.76. The molecule has 3 rings (SSSR count). The van der Waals surface area contributed by atoms with Gasteiger partial charge in [0.05, 0.1) is 6.21 Å². The topological polar surface area (TPSA) is 90.8 Å². The summed E-state index contributed by atoms with van der Waals surface area (Å²) in [6, 6.07) is 20.5. The minimum atomic E-state index is -0.370. The SMILES string of the molecule is O=C(CCC(=O)N/N=C/c1c(O)ccc2ccccc12)NCc1ccccc1. The Balaban J connectivity index is 1.48. The van der Waals surface area contributed by atoms with Crippen LogP contribution >= 0.6 is 0 Å². The zero-order chi connectivity index (χ0) is 19.8. The number of phenols is 1. The zero-order valence-corrected chi connectivity index (χ0v) is 15.3. The predicted octanol–water partition coefficient (Wildman–Crippen LogP) is 3.09. The van der Waals surface area contributed by atoms with E-state index in [1.807, 2.05) is 60.7 Å². The van der Waals surface area contributed by atoms with Gasteiger partial charge in [0.15, 0.2) is 0 Å². The standard InChI is InChI=1S/C22H21N3O3/c26-20-11-10-17-8-4-5-9-18(17)19(20)15-24-25-22(28)13-12-21(27)23-14-16-6-2-1-3-7-16/h1-11,15,26H,12-14H2,(H,23,27)(H,25,28)/b24-15+. The lowest BCUT2D eigenvalue weighted by atomic mass is 10.0. The van der Waals surface area contributed by atoms with E-state index in [0.29, 0.717) is 12.1 Å². The average molecular weight is 375 g/mol. The molecule has 0 atom stereocenters. The molecule has 0 spiro atoms. The quantitative estimate of drug-likeness (QED) is 0.438. The lowest BCUT2D eigenvalue weighted by molar-refractivity contribution is -0.126. The lowest BCUT2D eigenvalue weighted by Gasteiger charge is -2.06. The molecule has 0 heterocycles. The normalized spacial score (nSPS) is 10.9. The highest BCUT2D eigenvalue weighted by atomic mass is 16.3. The van der Waals surface area contributed by atoms with Crippen LogP contribution in [0.2, 0.25) is 0 Å². The van der Waals surface area contributed by atoms with E-state index >= 15 is 0 Å². The Morgan fingerprint density at radius 3 is 2.43 bits per heavy atom. The molecule has 3 N–H and O–H groups in total. The van der Waals surface area contributed by atoms with E-state index in [0.717, 1.165) is 16.3 Å². The Hall–Kier alpha value is -3.67. The summed E-state index contributed by atoms with van der Waals surface area (Å²) < 4.78 is 0. The number of hydrazone groups is 1. The fourth-order valence-electron chi connectivity index (χ4n) is 2.76. The monoisotopic (exact) mass is 375 g/mol. The number of carbonyl (C=O) groups excluding carboxylic acids is 2. The molecule has 0 saturated heterocycles. The molecule has 0 unspecified atom stereocenters. The van der Waals surface area contributed by atoms with Crippen molar-refractivity contribution in [3.05, 3.63) is 77.9 Å². The van der Waals surface area contributed by atoms with Crippen molar-refractivity contribution in [1.29, 1.82) is 0 Å². The van der Waals surface area contributed by atoms with Gasteiger partial charge in [-0.2, -0.15) is 5.10 Å². The van der Waals surface area contributed by atoms with Crippen LogP contribution in [0.1, 0.15) is 24.0 Å². The van der Waals surface area contributed by atoms with Crippen LogP contribution in [-0.2, 0) is 16.1 Å². The van der Waals surface area contributed by atoms with Crippen LogP contribution < -0.4 is 10.7 Å². The molecule has 0 aliphatic rings. The molecule has 3 aromatic carbocycles. The third kappa shape index (κ3) is 5.17. The van der Waals surface area contributed by atoms with Gasteiger partial charge in [0.1, 0.15) is 5.75 Å². The summed E-state index contributed by atoms with van der Waals surface area (Å²) >= 11 is 0. The minimum absolute atomic E-state index is 0.0273. The Labute approximate surface area is 162 Å². The smallest absolute Gasteiger partial charge is 0.240 e. The van der Waals surface area contributed by atoms with Crippen molar-refractivity contribution in [2.45, 2.75) is 19.4 Å². The molecule has 142 valence electrons. The van der Waals surface area contributed by atoms with Crippen molar-refractivity contribution in [2.75, 3.05) is 0 Å². The molecule has 6 nitrogen and oxygen atoms in total. The Bertz CT molecular complexity index is 1000. The van der Waals surface area contributed by atoms with Crippen molar-refractivity contribution in [3.63, 3.8) is 0 Å². The van der Waals surface area contributed by atoms with Gasteiger partial charge >= 0.3 is 0 Å². The summed E-state index contributed by atoms with van der Waals surface area (Å²) in [5.74, 6) is -0.488. The van der Waals surface area contributed by atoms with Crippen molar-refractivity contribution in [3.8, 4) is 5.75 Å². The molecule has 0 aliphatic heterocycles. The first kappa shape index (κ1) is 19.1. The second-order valence-electron chi connectivity index (χ2n) is 6.28. The fraction of sp³-hybridized carbons (Fsp3) is 0.136. The van der Waals surface area contributed by atoms with E-state index in [2.05, 4.69) is 15.8 Å². The largest absolute Gasteiger partial charge is 0.507 e. The summed E-state index contributed by atoms with van der Waals surface area (Å²) in [7, 11) is 0. The van der Waals surface area contributed by atoms with Gasteiger partial charge in [-0.05, 0) is 22.4 Å². The number of aromatic hydroxyl groups is 1. The van der Waals surface area contributed by atoms with E-state index < -0.39 is 0 Å². The van der Waals surface area contributed by atoms with Crippen molar-refractivity contribution in [1.82, 2.24) is 10.7 Å². The van der Waals surface area contributed by atoms with Crippen LogP contribution in [0.3, 0.4) is 0 Å². The van der Waals surface area contributed by atoms with Gasteiger partial charge < -0.3 is 10.4 Å². The number of rotatable bonds is 7. The molecule has 0 saturated carbocycles. The second kappa shape index (κ2) is 9.32. The highest BCUT2D eigenvalue weighted by Crippen LogP contribution is 2.25. The maximum absolute atomic E-state index is 11.9. The molecular formula is C22H21N3O3. The average Bonchev–Trinajstić information content (AvgIpc) is 2.73. The van der Waals surface area contributed by atoms with Crippen LogP contribution in [0, 0.1) is 0 Å². The van der Waals surface area contributed by atoms with Crippen LogP contribution in [0.4, 0.5) is 0 Å². The summed E-state index contributed by atoms with van der Waals surface area (Å²) in [6.45, 7) is 0.430. The predicted molar refractivity (Wildman–Crippen MR) is 109 cm³/mol. The third-order valence-corrected chi connectivity index (χ3v) is 4.24. The summed E-state index contributed by atoms with van der Waals surface area (Å²) in [4.78, 5) is 23.7. The number of fused-ring (bicyclic) bond motifs is 1. The molecule has 3 aromatic rings. The van der Waals surface area contributed by atoms with Gasteiger partial charge in [0, 0.05) is 24.9 Å². The molecule has 28 heavy (non-hydrogen) atoms. The highest BCUT2D eigenvalue weighted by molar-refractivity contribution is 6.02. The molecule has 0 aromatic heterocycles. The number of carbonyl (C=O) groups is 2. The van der Waals surface area contributed by atoms with Gasteiger partial charge in [-0.3, -0.25) is 9.59 Å². The molecule has 0 radical (unpaired) electrons. The molecule has 0 aliphatic carbocycles. The van der Waals surface area contributed by atoms with E-state index in [1.165, 1.54) is 6.21 Å². The number of amides is 2. The zero-order valence-electron chi connectivity index (χ0n) is 15.3. The molecule has 6 heteroatoms. The summed E-state index contributed by atoms with van der Waals surface area (Å²) in [6.07, 6.45) is 1.51. The van der Waals surface area contributed by atoms with E-state index in [9.17, 15) is 14.7 Å². The number of phenolic OH excluding ortho intramolecular Hbond substituents is 1. The number of hydrogen-bond donors (Lipinski definition) is 3. The molecule has 2 amide bonds. The highest BCUT2D eigenvalue weighted by Gasteiger charge is 2.07. The van der Waals surface area contributed by atoms with Crippen molar-refractivity contribution in [2.24, 2.45) is 5.10 Å². The van der Waals surface area contributed by atoms with Gasteiger partial charge in [-0.25, -0.2) is 5.43 Å². The summed E-state index contributed by atoms with van der Waals surface area (Å²) in [5.41, 5.74) is 3.92. The van der Waals surface area contributed by atoms with Gasteiger partial charge in [-0.15, -0.1) is 0 Å². The van der Waals surface area contributed by atoms with Crippen molar-refractivity contribution >= 4 is 28.8 Å². The minimum Gasteiger partial charge on any atom is -0.507 e. The maximum atomic E-state index is 11.9. The van der Waals surface area contributed by atoms with Crippen LogP contribution in [-0.4, -0.2) is 23.1 Å². The Kier molecular flexibility index (Phi) is 6.36. The number of nitrogens with zero attached hydrogens (tertiary/aromatic N) is 1. The number of nitrogens with one attached hydrogen (secondary N) is 2. The first-order valence-corrected chi connectivity index (χ1v) is 8.97. The van der Waals surface area contributed by atoms with Crippen LogP contribution in [0.15, 0.2) is 71.8 Å². The third-order valence-electron chi connectivity index (χ3n) is 4.24. The van der Waals surface area contributed by atoms with Crippen molar-refractivity contribution < 1.29 is 14.7 Å². The molecule has 0 bridgehead atoms. The van der Waals surface area contributed by atoms with E-state index in [1.54, 1.807) is 6.07 Å². The molecule has 0 fully saturated rings. The van der Waals surface area contributed by atoms with Gasteiger partial charge in [0.2, 0.25) is 11.8 Å². The second-order valence-corrected chi connectivity index (χ2v) is 6.28.